The van der Waals surface area contributed by atoms with E-state index in [9.17, 15) is 27.2 Å². The van der Waals surface area contributed by atoms with Gasteiger partial charge in [0.05, 0.1) is 18.1 Å². The van der Waals surface area contributed by atoms with E-state index in [1.165, 1.54) is 51.5 Å². The molecule has 8 nitrogen and oxygen atoms in total. The van der Waals surface area contributed by atoms with Crippen LogP contribution in [0.5, 0.6) is 5.75 Å². The SMILES string of the molecule is COc1ccc(F)cc1-c1c(CN)c(NCc2ccccc2C(F)(F)F)nc2c1c(=O)n(C)c(=O)n2C. The van der Waals surface area contributed by atoms with E-state index < -0.39 is 28.8 Å². The summed E-state index contributed by atoms with van der Waals surface area (Å²) in [5.41, 5.74) is 4.32. The number of aromatic nitrogens is 3. The smallest absolute Gasteiger partial charge is 0.416 e. The summed E-state index contributed by atoms with van der Waals surface area (Å²) in [7, 11) is 4.05. The molecule has 0 aliphatic carbocycles. The second-order valence-electron chi connectivity index (χ2n) is 8.28. The zero-order valence-corrected chi connectivity index (χ0v) is 20.1. The Morgan fingerprint density at radius 2 is 1.78 bits per heavy atom. The highest BCUT2D eigenvalue weighted by Crippen LogP contribution is 2.39. The third-order valence-corrected chi connectivity index (χ3v) is 6.09. The number of fused-ring (bicyclic) bond motifs is 1. The Morgan fingerprint density at radius 1 is 1.08 bits per heavy atom. The quantitative estimate of drug-likeness (QED) is 0.379. The molecular formula is C25H23F4N5O3. The highest BCUT2D eigenvalue weighted by molar-refractivity contribution is 5.98. The summed E-state index contributed by atoms with van der Waals surface area (Å²) in [6.07, 6.45) is -4.58. The van der Waals surface area contributed by atoms with Gasteiger partial charge in [-0.1, -0.05) is 18.2 Å². The van der Waals surface area contributed by atoms with E-state index in [0.717, 1.165) is 21.3 Å². The lowest BCUT2D eigenvalue weighted by atomic mass is 9.96. The number of anilines is 1. The Bertz CT molecular complexity index is 1630. The maximum atomic E-state index is 14.4. The molecule has 0 aliphatic rings. The number of nitrogens with zero attached hydrogens (tertiary/aromatic N) is 3. The van der Waals surface area contributed by atoms with Crippen molar-refractivity contribution in [1.29, 1.82) is 0 Å². The molecule has 12 heteroatoms. The van der Waals surface area contributed by atoms with Crippen LogP contribution in [0.2, 0.25) is 0 Å². The Hall–Kier alpha value is -4.19. The van der Waals surface area contributed by atoms with Gasteiger partial charge in [0.25, 0.3) is 5.56 Å². The minimum absolute atomic E-state index is 0.0183. The number of hydrogen-bond acceptors (Lipinski definition) is 6. The molecule has 0 saturated carbocycles. The van der Waals surface area contributed by atoms with Crippen molar-refractivity contribution in [3.63, 3.8) is 0 Å². The van der Waals surface area contributed by atoms with E-state index in [1.807, 2.05) is 0 Å². The zero-order chi connectivity index (χ0) is 27.1. The fourth-order valence-corrected chi connectivity index (χ4v) is 4.27. The number of halogens is 4. The Labute approximate surface area is 207 Å². The van der Waals surface area contributed by atoms with E-state index >= 15 is 0 Å². The summed E-state index contributed by atoms with van der Waals surface area (Å²) in [6, 6.07) is 8.74. The lowest BCUT2D eigenvalue weighted by Gasteiger charge is -2.21. The molecule has 3 N–H and O–H groups in total. The summed E-state index contributed by atoms with van der Waals surface area (Å²) < 4.78 is 62.4. The molecular weight excluding hydrogens is 494 g/mol. The minimum Gasteiger partial charge on any atom is -0.496 e. The molecule has 4 rings (SSSR count). The number of rotatable bonds is 6. The van der Waals surface area contributed by atoms with Gasteiger partial charge >= 0.3 is 11.9 Å². The van der Waals surface area contributed by atoms with E-state index in [1.54, 1.807) is 0 Å². The third kappa shape index (κ3) is 4.55. The molecule has 0 spiro atoms. The van der Waals surface area contributed by atoms with Crippen molar-refractivity contribution < 1.29 is 22.3 Å². The van der Waals surface area contributed by atoms with Crippen molar-refractivity contribution in [2.45, 2.75) is 19.3 Å². The topological polar surface area (TPSA) is 104 Å². The van der Waals surface area contributed by atoms with Crippen LogP contribution in [0, 0.1) is 5.82 Å². The number of nitrogens with one attached hydrogen (secondary N) is 1. The van der Waals surface area contributed by atoms with Gasteiger partial charge in [0, 0.05) is 43.9 Å². The lowest BCUT2D eigenvalue weighted by Crippen LogP contribution is -2.38. The number of ether oxygens (including phenoxy) is 1. The van der Waals surface area contributed by atoms with Gasteiger partial charge in [-0.2, -0.15) is 13.2 Å². The van der Waals surface area contributed by atoms with Crippen LogP contribution in [0.25, 0.3) is 22.2 Å². The average Bonchev–Trinajstić information content (AvgIpc) is 2.88. The molecule has 0 fully saturated rings. The van der Waals surface area contributed by atoms with Gasteiger partial charge in [-0.25, -0.2) is 14.2 Å². The normalized spacial score (nSPS) is 11.7. The molecule has 4 aromatic rings. The van der Waals surface area contributed by atoms with Crippen LogP contribution in [0.15, 0.2) is 52.1 Å². The molecule has 37 heavy (non-hydrogen) atoms. The molecule has 0 amide bonds. The molecule has 0 saturated heterocycles. The first-order valence-electron chi connectivity index (χ1n) is 11.0. The molecule has 2 aromatic heterocycles. The van der Waals surface area contributed by atoms with Crippen molar-refractivity contribution in [3.05, 3.63) is 85.8 Å². The third-order valence-electron chi connectivity index (χ3n) is 6.09. The fourth-order valence-electron chi connectivity index (χ4n) is 4.27. The number of aryl methyl sites for hydroxylation is 1. The largest absolute Gasteiger partial charge is 0.496 e. The molecule has 0 aliphatic heterocycles. The maximum Gasteiger partial charge on any atom is 0.416 e. The van der Waals surface area contributed by atoms with Crippen LogP contribution >= 0.6 is 0 Å². The lowest BCUT2D eigenvalue weighted by molar-refractivity contribution is -0.138. The summed E-state index contributed by atoms with van der Waals surface area (Å²) >= 11 is 0. The van der Waals surface area contributed by atoms with Crippen LogP contribution in [-0.2, 0) is 33.4 Å². The summed E-state index contributed by atoms with van der Waals surface area (Å²) in [4.78, 5) is 30.4. The highest BCUT2D eigenvalue weighted by Gasteiger charge is 2.33. The highest BCUT2D eigenvalue weighted by atomic mass is 19.4. The van der Waals surface area contributed by atoms with Gasteiger partial charge in [-0.3, -0.25) is 13.9 Å². The Balaban J connectivity index is 2.05. The number of benzene rings is 2. The van der Waals surface area contributed by atoms with Crippen LogP contribution in [0.4, 0.5) is 23.4 Å². The van der Waals surface area contributed by atoms with E-state index in [0.29, 0.717) is 0 Å². The van der Waals surface area contributed by atoms with Crippen molar-refractivity contribution in [2.75, 3.05) is 12.4 Å². The average molecular weight is 517 g/mol. The second kappa shape index (κ2) is 9.69. The molecule has 0 bridgehead atoms. The van der Waals surface area contributed by atoms with E-state index in [-0.39, 0.29) is 57.9 Å². The molecule has 0 atom stereocenters. The summed E-state index contributed by atoms with van der Waals surface area (Å²) in [5.74, 6) is -0.372. The van der Waals surface area contributed by atoms with Crippen molar-refractivity contribution >= 4 is 16.9 Å². The molecule has 194 valence electrons. The maximum absolute atomic E-state index is 14.4. The number of methoxy groups -OCH3 is 1. The second-order valence-corrected chi connectivity index (χ2v) is 8.28. The van der Waals surface area contributed by atoms with Gasteiger partial charge in [-0.15, -0.1) is 0 Å². The van der Waals surface area contributed by atoms with Crippen LogP contribution in [-0.4, -0.2) is 21.2 Å². The Morgan fingerprint density at radius 3 is 2.43 bits per heavy atom. The number of pyridine rings is 1. The monoisotopic (exact) mass is 517 g/mol. The van der Waals surface area contributed by atoms with Crippen molar-refractivity contribution in [3.8, 4) is 16.9 Å². The summed E-state index contributed by atoms with van der Waals surface area (Å²) in [6.45, 7) is -0.507. The van der Waals surface area contributed by atoms with Crippen molar-refractivity contribution in [1.82, 2.24) is 14.1 Å². The molecule has 0 unspecified atom stereocenters. The molecule has 0 radical (unpaired) electrons. The van der Waals surface area contributed by atoms with E-state index in [4.69, 9.17) is 10.5 Å². The minimum atomic E-state index is -4.58. The predicted molar refractivity (Wildman–Crippen MR) is 131 cm³/mol. The van der Waals surface area contributed by atoms with Gasteiger partial charge in [0.1, 0.15) is 17.4 Å². The van der Waals surface area contributed by atoms with E-state index in [2.05, 4.69) is 10.3 Å². The number of nitrogens with two attached hydrogens (primary N) is 1. The molecule has 2 aromatic carbocycles. The fraction of sp³-hybridized carbons (Fsp3) is 0.240. The van der Waals surface area contributed by atoms with Crippen LogP contribution < -0.4 is 27.0 Å². The van der Waals surface area contributed by atoms with Crippen LogP contribution in [0.1, 0.15) is 16.7 Å². The molecule has 2 heterocycles. The van der Waals surface area contributed by atoms with Gasteiger partial charge in [0.15, 0.2) is 5.65 Å². The van der Waals surface area contributed by atoms with Crippen LogP contribution in [0.3, 0.4) is 0 Å². The standard InChI is InChI=1S/C25H23F4N5O3/c1-33-22-20(23(35)34(2)24(33)36)19(15-10-14(26)8-9-18(15)37-3)16(11-30)21(32-22)31-12-13-6-4-5-7-17(13)25(27,28)29/h4-10H,11-12,30H2,1-3H3,(H,31,32). The first kappa shape index (κ1) is 25.9. The van der Waals surface area contributed by atoms with Gasteiger partial charge in [-0.05, 0) is 29.8 Å². The first-order chi connectivity index (χ1) is 17.5. The number of hydrogen-bond donors (Lipinski definition) is 2. The zero-order valence-electron chi connectivity index (χ0n) is 20.1. The van der Waals surface area contributed by atoms with Gasteiger partial charge in [0.2, 0.25) is 0 Å². The first-order valence-corrected chi connectivity index (χ1v) is 11.0. The number of alkyl halides is 3. The summed E-state index contributed by atoms with van der Waals surface area (Å²) in [5, 5.41) is 2.86. The van der Waals surface area contributed by atoms with Gasteiger partial charge < -0.3 is 15.8 Å². The van der Waals surface area contributed by atoms with Crippen molar-refractivity contribution in [2.24, 2.45) is 19.8 Å². The Kier molecular flexibility index (Phi) is 6.78. The predicted octanol–water partition coefficient (Wildman–Crippen LogP) is 3.54.